The predicted octanol–water partition coefficient (Wildman–Crippen LogP) is 2.80. The first-order valence-electron chi connectivity index (χ1n) is 7.31. The number of rotatable bonds is 6. The van der Waals surface area contributed by atoms with Crippen LogP contribution in [0, 0.1) is 18.2 Å². The molecule has 0 aliphatic heterocycles. The summed E-state index contributed by atoms with van der Waals surface area (Å²) in [5.74, 6) is 1.96. The van der Waals surface area contributed by atoms with Gasteiger partial charge in [-0.15, -0.1) is 6.42 Å². The summed E-state index contributed by atoms with van der Waals surface area (Å²) in [7, 11) is 0. The fourth-order valence-electron chi connectivity index (χ4n) is 2.20. The Balaban J connectivity index is 2.03. The van der Waals surface area contributed by atoms with Gasteiger partial charge in [-0.1, -0.05) is 18.1 Å². The van der Waals surface area contributed by atoms with E-state index in [4.69, 9.17) is 6.42 Å². The van der Waals surface area contributed by atoms with E-state index >= 15 is 0 Å². The topological polar surface area (TPSA) is 42.3 Å². The van der Waals surface area contributed by atoms with Crippen molar-refractivity contribution in [3.8, 4) is 12.3 Å². The number of carbonyl (C=O) groups excluding carboxylic acids is 1. The molecule has 0 saturated carbocycles. The van der Waals surface area contributed by atoms with Crippen molar-refractivity contribution in [2.45, 2.75) is 19.5 Å². The van der Waals surface area contributed by atoms with Crippen molar-refractivity contribution in [3.63, 3.8) is 0 Å². The van der Waals surface area contributed by atoms with Gasteiger partial charge < -0.3 is 9.47 Å². The lowest BCUT2D eigenvalue weighted by atomic mass is 10.2. The van der Waals surface area contributed by atoms with Crippen LogP contribution in [0.15, 0.2) is 51.9 Å². The van der Waals surface area contributed by atoms with Crippen molar-refractivity contribution in [3.05, 3.63) is 68.8 Å². The second-order valence-electron chi connectivity index (χ2n) is 5.21. The van der Waals surface area contributed by atoms with Gasteiger partial charge in [-0.05, 0) is 39.7 Å². The minimum Gasteiger partial charge on any atom is -0.327 e. The Labute approximate surface area is 148 Å². The van der Waals surface area contributed by atoms with Gasteiger partial charge in [-0.2, -0.15) is 0 Å². The van der Waals surface area contributed by atoms with Gasteiger partial charge in [0, 0.05) is 36.2 Å². The summed E-state index contributed by atoms with van der Waals surface area (Å²) in [6.07, 6.45) is 7.12. The number of aryl methyl sites for hydroxylation is 1. The van der Waals surface area contributed by atoms with Crippen LogP contribution in [0.2, 0.25) is 0 Å². The molecule has 0 saturated heterocycles. The zero-order chi connectivity index (χ0) is 17.5. The first-order valence-corrected chi connectivity index (χ1v) is 8.10. The molecular formula is C18H16BrFN2O2. The second kappa shape index (κ2) is 8.46. The standard InChI is InChI=1S/C18H16BrFN2O2/c1-2-10-21(12-14-3-6-16(20)7-4-14)18(24)9-11-22-13-15(19)5-8-17(22)23/h1,3-8,13H,9-12H2. The fourth-order valence-corrected chi connectivity index (χ4v) is 2.58. The molecular weight excluding hydrogens is 375 g/mol. The summed E-state index contributed by atoms with van der Waals surface area (Å²) < 4.78 is 15.2. The zero-order valence-electron chi connectivity index (χ0n) is 12.9. The lowest BCUT2D eigenvalue weighted by molar-refractivity contribution is -0.131. The van der Waals surface area contributed by atoms with Gasteiger partial charge in [0.05, 0.1) is 6.54 Å². The molecule has 1 heterocycles. The van der Waals surface area contributed by atoms with E-state index in [9.17, 15) is 14.0 Å². The van der Waals surface area contributed by atoms with Crippen molar-refractivity contribution in [1.82, 2.24) is 9.47 Å². The highest BCUT2D eigenvalue weighted by atomic mass is 79.9. The number of aromatic nitrogens is 1. The summed E-state index contributed by atoms with van der Waals surface area (Å²) in [6.45, 7) is 0.724. The maximum atomic E-state index is 13.0. The first kappa shape index (κ1) is 18.0. The van der Waals surface area contributed by atoms with Gasteiger partial charge in [0.15, 0.2) is 0 Å². The molecule has 24 heavy (non-hydrogen) atoms. The summed E-state index contributed by atoms with van der Waals surface area (Å²) in [5, 5.41) is 0. The van der Waals surface area contributed by atoms with Crippen LogP contribution in [0.25, 0.3) is 0 Å². The number of hydrogen-bond donors (Lipinski definition) is 0. The molecule has 0 radical (unpaired) electrons. The number of pyridine rings is 1. The smallest absolute Gasteiger partial charge is 0.250 e. The van der Waals surface area contributed by atoms with Gasteiger partial charge in [0.1, 0.15) is 5.82 Å². The van der Waals surface area contributed by atoms with Crippen LogP contribution in [-0.2, 0) is 17.9 Å². The normalized spacial score (nSPS) is 10.2. The van der Waals surface area contributed by atoms with Crippen LogP contribution < -0.4 is 5.56 Å². The van der Waals surface area contributed by atoms with Crippen molar-refractivity contribution < 1.29 is 9.18 Å². The molecule has 2 rings (SSSR count). The molecule has 4 nitrogen and oxygen atoms in total. The highest BCUT2D eigenvalue weighted by Gasteiger charge is 2.13. The highest BCUT2D eigenvalue weighted by Crippen LogP contribution is 2.09. The number of terminal acetylenes is 1. The van der Waals surface area contributed by atoms with Gasteiger partial charge >= 0.3 is 0 Å². The Morgan fingerprint density at radius 3 is 2.62 bits per heavy atom. The third kappa shape index (κ3) is 5.07. The predicted molar refractivity (Wildman–Crippen MR) is 93.7 cm³/mol. The Hall–Kier alpha value is -2.39. The van der Waals surface area contributed by atoms with E-state index in [-0.39, 0.29) is 36.8 Å². The van der Waals surface area contributed by atoms with Gasteiger partial charge in [0.25, 0.3) is 5.56 Å². The molecule has 0 spiro atoms. The van der Waals surface area contributed by atoms with E-state index < -0.39 is 0 Å². The average Bonchev–Trinajstić information content (AvgIpc) is 2.57. The monoisotopic (exact) mass is 390 g/mol. The van der Waals surface area contributed by atoms with Crippen molar-refractivity contribution in [2.75, 3.05) is 6.54 Å². The quantitative estimate of drug-likeness (QED) is 0.711. The van der Waals surface area contributed by atoms with Crippen LogP contribution in [0.4, 0.5) is 4.39 Å². The first-order chi connectivity index (χ1) is 11.5. The van der Waals surface area contributed by atoms with Gasteiger partial charge in [-0.3, -0.25) is 9.59 Å². The van der Waals surface area contributed by atoms with E-state index in [2.05, 4.69) is 21.9 Å². The van der Waals surface area contributed by atoms with Crippen LogP contribution in [-0.4, -0.2) is 21.9 Å². The lowest BCUT2D eigenvalue weighted by Crippen LogP contribution is -2.32. The maximum Gasteiger partial charge on any atom is 0.250 e. The molecule has 0 bridgehead atoms. The number of benzene rings is 1. The van der Waals surface area contributed by atoms with Crippen LogP contribution >= 0.6 is 15.9 Å². The third-order valence-corrected chi connectivity index (χ3v) is 3.90. The Morgan fingerprint density at radius 1 is 1.25 bits per heavy atom. The highest BCUT2D eigenvalue weighted by molar-refractivity contribution is 9.10. The number of amides is 1. The van der Waals surface area contributed by atoms with E-state index in [0.29, 0.717) is 6.54 Å². The SMILES string of the molecule is C#CCN(Cc1ccc(F)cc1)C(=O)CCn1cc(Br)ccc1=O. The minimum atomic E-state index is -0.331. The molecule has 0 atom stereocenters. The summed E-state index contributed by atoms with van der Waals surface area (Å²) >= 11 is 3.29. The minimum absolute atomic E-state index is 0.152. The van der Waals surface area contributed by atoms with Crippen LogP contribution in [0.1, 0.15) is 12.0 Å². The van der Waals surface area contributed by atoms with Crippen LogP contribution in [0.5, 0.6) is 0 Å². The lowest BCUT2D eigenvalue weighted by Gasteiger charge is -2.20. The molecule has 0 N–H and O–H groups in total. The van der Waals surface area contributed by atoms with Crippen molar-refractivity contribution >= 4 is 21.8 Å². The zero-order valence-corrected chi connectivity index (χ0v) is 14.5. The third-order valence-electron chi connectivity index (χ3n) is 3.44. The Morgan fingerprint density at radius 2 is 1.96 bits per heavy atom. The molecule has 0 aliphatic carbocycles. The van der Waals surface area contributed by atoms with E-state index in [1.807, 2.05) is 0 Å². The molecule has 0 unspecified atom stereocenters. The second-order valence-corrected chi connectivity index (χ2v) is 6.13. The summed E-state index contributed by atoms with van der Waals surface area (Å²) in [5.41, 5.74) is 0.618. The molecule has 0 aliphatic rings. The molecule has 124 valence electrons. The molecule has 6 heteroatoms. The summed E-state index contributed by atoms with van der Waals surface area (Å²) in [4.78, 5) is 25.7. The van der Waals surface area contributed by atoms with E-state index in [1.165, 1.54) is 27.7 Å². The summed E-state index contributed by atoms with van der Waals surface area (Å²) in [6, 6.07) is 9.01. The maximum absolute atomic E-state index is 13.0. The fraction of sp³-hybridized carbons (Fsp3) is 0.222. The van der Waals surface area contributed by atoms with Crippen molar-refractivity contribution in [1.29, 1.82) is 0 Å². The molecule has 1 aromatic heterocycles. The molecule has 2 aromatic rings. The average molecular weight is 391 g/mol. The molecule has 1 amide bonds. The molecule has 1 aromatic carbocycles. The van der Waals surface area contributed by atoms with Gasteiger partial charge in [0.2, 0.25) is 5.91 Å². The van der Waals surface area contributed by atoms with E-state index in [0.717, 1.165) is 10.0 Å². The largest absolute Gasteiger partial charge is 0.327 e. The number of nitrogens with zero attached hydrogens (tertiary/aromatic N) is 2. The number of hydrogen-bond acceptors (Lipinski definition) is 2. The number of halogens is 2. The Kier molecular flexibility index (Phi) is 6.33. The van der Waals surface area contributed by atoms with Gasteiger partial charge in [-0.25, -0.2) is 4.39 Å². The van der Waals surface area contributed by atoms with E-state index in [1.54, 1.807) is 24.4 Å². The Bertz CT molecular complexity index is 809. The van der Waals surface area contributed by atoms with Crippen molar-refractivity contribution in [2.24, 2.45) is 0 Å². The number of carbonyl (C=O) groups is 1. The van der Waals surface area contributed by atoms with Crippen LogP contribution in [0.3, 0.4) is 0 Å². The molecule has 0 fully saturated rings.